The lowest BCUT2D eigenvalue weighted by Crippen LogP contribution is -2.39. The van der Waals surface area contributed by atoms with Crippen molar-refractivity contribution in [3.8, 4) is 0 Å². The first kappa shape index (κ1) is 20.8. The van der Waals surface area contributed by atoms with Crippen LogP contribution in [0.1, 0.15) is 38.9 Å². The van der Waals surface area contributed by atoms with Gasteiger partial charge in [0.15, 0.2) is 5.96 Å². The lowest BCUT2D eigenvalue weighted by molar-refractivity contribution is 0.0377. The molecule has 6 heteroatoms. The van der Waals surface area contributed by atoms with Gasteiger partial charge in [-0.1, -0.05) is 13.8 Å². The summed E-state index contributed by atoms with van der Waals surface area (Å²) in [6.45, 7) is 12.1. The van der Waals surface area contributed by atoms with Crippen molar-refractivity contribution in [3.63, 3.8) is 0 Å². The van der Waals surface area contributed by atoms with Gasteiger partial charge in [-0.05, 0) is 37.3 Å². The molecule has 0 radical (unpaired) electrons. The van der Waals surface area contributed by atoms with Crippen LogP contribution in [0.5, 0.6) is 0 Å². The van der Waals surface area contributed by atoms with E-state index in [2.05, 4.69) is 29.4 Å². The molecule has 0 aliphatic carbocycles. The molecule has 2 N–H and O–H groups in total. The Morgan fingerprint density at radius 3 is 2.73 bits per heavy atom. The number of ether oxygens (including phenoxy) is 1. The monoisotopic (exact) mass is 364 g/mol. The molecule has 0 bridgehead atoms. The summed E-state index contributed by atoms with van der Waals surface area (Å²) in [5.41, 5.74) is 0. The third-order valence-corrected chi connectivity index (χ3v) is 4.50. The lowest BCUT2D eigenvalue weighted by Gasteiger charge is -2.26. The maximum atomic E-state index is 5.39. The first-order valence-corrected chi connectivity index (χ1v) is 10.1. The number of furan rings is 1. The molecule has 0 aromatic carbocycles. The minimum absolute atomic E-state index is 0.748. The third kappa shape index (κ3) is 9.25. The molecule has 0 spiro atoms. The molecular weight excluding hydrogens is 328 g/mol. The highest BCUT2D eigenvalue weighted by Crippen LogP contribution is 2.02. The van der Waals surface area contributed by atoms with Crippen molar-refractivity contribution in [3.05, 3.63) is 24.2 Å². The van der Waals surface area contributed by atoms with Crippen molar-refractivity contribution in [2.24, 2.45) is 10.9 Å². The first-order chi connectivity index (χ1) is 12.7. The number of rotatable bonds is 11. The second-order valence-corrected chi connectivity index (χ2v) is 7.26. The van der Waals surface area contributed by atoms with Gasteiger partial charge >= 0.3 is 0 Å². The Hall–Kier alpha value is -1.53. The van der Waals surface area contributed by atoms with E-state index in [1.165, 1.54) is 12.8 Å². The average Bonchev–Trinajstić information content (AvgIpc) is 3.16. The van der Waals surface area contributed by atoms with Gasteiger partial charge in [-0.2, -0.15) is 0 Å². The minimum Gasteiger partial charge on any atom is -0.469 e. The fourth-order valence-electron chi connectivity index (χ4n) is 2.96. The van der Waals surface area contributed by atoms with Gasteiger partial charge in [0.05, 0.1) is 19.5 Å². The molecular formula is C20H36N4O2. The maximum Gasteiger partial charge on any atom is 0.191 e. The highest BCUT2D eigenvalue weighted by Gasteiger charge is 2.09. The van der Waals surface area contributed by atoms with E-state index < -0.39 is 0 Å². The normalized spacial score (nSPS) is 16.2. The van der Waals surface area contributed by atoms with E-state index in [-0.39, 0.29) is 0 Å². The molecule has 26 heavy (non-hydrogen) atoms. The zero-order valence-electron chi connectivity index (χ0n) is 16.5. The third-order valence-electron chi connectivity index (χ3n) is 4.50. The van der Waals surface area contributed by atoms with E-state index in [9.17, 15) is 0 Å². The van der Waals surface area contributed by atoms with E-state index in [0.29, 0.717) is 0 Å². The molecule has 1 fully saturated rings. The minimum atomic E-state index is 0.748. The summed E-state index contributed by atoms with van der Waals surface area (Å²) in [6, 6.07) is 3.94. The van der Waals surface area contributed by atoms with Crippen LogP contribution in [0.25, 0.3) is 0 Å². The summed E-state index contributed by atoms with van der Waals surface area (Å²) in [5.74, 6) is 2.67. The molecule has 0 unspecified atom stereocenters. The van der Waals surface area contributed by atoms with Crippen molar-refractivity contribution in [2.45, 2.75) is 39.5 Å². The summed E-state index contributed by atoms with van der Waals surface area (Å²) < 4.78 is 10.8. The Labute approximate surface area is 158 Å². The number of nitrogens with one attached hydrogen (secondary N) is 2. The fourth-order valence-corrected chi connectivity index (χ4v) is 2.96. The average molecular weight is 365 g/mol. The summed E-state index contributed by atoms with van der Waals surface area (Å²) in [4.78, 5) is 7.21. The molecule has 1 aromatic heterocycles. The van der Waals surface area contributed by atoms with Crippen LogP contribution in [0.3, 0.4) is 0 Å². The summed E-state index contributed by atoms with van der Waals surface area (Å²) in [5, 5.41) is 6.90. The Bertz CT molecular complexity index is 482. The van der Waals surface area contributed by atoms with Crippen LogP contribution in [0.15, 0.2) is 27.8 Å². The van der Waals surface area contributed by atoms with Crippen molar-refractivity contribution in [2.75, 3.05) is 52.5 Å². The SMILES string of the molecule is CC(C)CCCNC(=NCCCN1CCOCC1)NCCc1ccco1. The quantitative estimate of drug-likeness (QED) is 0.359. The summed E-state index contributed by atoms with van der Waals surface area (Å²) in [7, 11) is 0. The topological polar surface area (TPSA) is 62.0 Å². The maximum absolute atomic E-state index is 5.39. The van der Waals surface area contributed by atoms with Gasteiger partial charge in [0.25, 0.3) is 0 Å². The van der Waals surface area contributed by atoms with Crippen molar-refractivity contribution < 1.29 is 9.15 Å². The number of hydrogen-bond donors (Lipinski definition) is 2. The first-order valence-electron chi connectivity index (χ1n) is 10.1. The number of hydrogen-bond acceptors (Lipinski definition) is 4. The van der Waals surface area contributed by atoms with Gasteiger partial charge < -0.3 is 19.8 Å². The second kappa shape index (κ2) is 12.8. The lowest BCUT2D eigenvalue weighted by atomic mass is 10.1. The molecule has 0 atom stereocenters. The smallest absolute Gasteiger partial charge is 0.191 e. The zero-order chi connectivity index (χ0) is 18.5. The molecule has 2 rings (SSSR count). The van der Waals surface area contributed by atoms with Crippen molar-refractivity contribution >= 4 is 5.96 Å². The highest BCUT2D eigenvalue weighted by atomic mass is 16.5. The predicted octanol–water partition coefficient (Wildman–Crippen LogP) is 2.52. The Kier molecular flexibility index (Phi) is 10.2. The number of nitrogens with zero attached hydrogens (tertiary/aromatic N) is 2. The van der Waals surface area contributed by atoms with Gasteiger partial charge in [0, 0.05) is 45.7 Å². The van der Waals surface area contributed by atoms with Gasteiger partial charge in [0.2, 0.25) is 0 Å². The van der Waals surface area contributed by atoms with Gasteiger partial charge in [0.1, 0.15) is 5.76 Å². The molecule has 6 nitrogen and oxygen atoms in total. The molecule has 1 saturated heterocycles. The van der Waals surface area contributed by atoms with E-state index in [0.717, 1.165) is 83.0 Å². The van der Waals surface area contributed by atoms with Gasteiger partial charge in [-0.15, -0.1) is 0 Å². The summed E-state index contributed by atoms with van der Waals surface area (Å²) >= 11 is 0. The predicted molar refractivity (Wildman–Crippen MR) is 107 cm³/mol. The second-order valence-electron chi connectivity index (χ2n) is 7.26. The standard InChI is InChI=1S/C20H36N4O2/c1-18(2)6-3-9-21-20(23-11-8-19-7-4-15-26-19)22-10-5-12-24-13-16-25-17-14-24/h4,7,15,18H,3,5-6,8-14,16-17H2,1-2H3,(H2,21,22,23). The van der Waals surface area contributed by atoms with Crippen LogP contribution >= 0.6 is 0 Å². The van der Waals surface area contributed by atoms with Crippen molar-refractivity contribution in [1.82, 2.24) is 15.5 Å². The zero-order valence-corrected chi connectivity index (χ0v) is 16.5. The van der Waals surface area contributed by atoms with Crippen LogP contribution in [-0.2, 0) is 11.2 Å². The Morgan fingerprint density at radius 1 is 1.19 bits per heavy atom. The van der Waals surface area contributed by atoms with E-state index in [1.54, 1.807) is 6.26 Å². The Morgan fingerprint density at radius 2 is 2.00 bits per heavy atom. The molecule has 148 valence electrons. The van der Waals surface area contributed by atoms with Crippen molar-refractivity contribution in [1.29, 1.82) is 0 Å². The largest absolute Gasteiger partial charge is 0.469 e. The van der Waals surface area contributed by atoms with Gasteiger partial charge in [-0.25, -0.2) is 0 Å². The molecule has 1 aromatic rings. The van der Waals surface area contributed by atoms with E-state index in [1.807, 2.05) is 12.1 Å². The van der Waals surface area contributed by atoms with Gasteiger partial charge in [-0.3, -0.25) is 9.89 Å². The van der Waals surface area contributed by atoms with Crippen LogP contribution in [0, 0.1) is 5.92 Å². The van der Waals surface area contributed by atoms with Crippen LogP contribution in [-0.4, -0.2) is 63.3 Å². The Balaban J connectivity index is 1.68. The van der Waals surface area contributed by atoms with E-state index in [4.69, 9.17) is 14.1 Å². The highest BCUT2D eigenvalue weighted by molar-refractivity contribution is 5.79. The fraction of sp³-hybridized carbons (Fsp3) is 0.750. The molecule has 2 heterocycles. The number of guanidine groups is 1. The number of morpholine rings is 1. The van der Waals surface area contributed by atoms with Crippen LogP contribution < -0.4 is 10.6 Å². The van der Waals surface area contributed by atoms with Crippen LogP contribution in [0.4, 0.5) is 0 Å². The molecule has 1 aliphatic heterocycles. The number of aliphatic imine (C=N–C) groups is 1. The molecule has 0 saturated carbocycles. The summed E-state index contributed by atoms with van der Waals surface area (Å²) in [6.07, 6.45) is 6.08. The van der Waals surface area contributed by atoms with E-state index >= 15 is 0 Å². The van der Waals surface area contributed by atoms with Crippen LogP contribution in [0.2, 0.25) is 0 Å². The molecule has 1 aliphatic rings. The molecule has 0 amide bonds.